The maximum atomic E-state index is 12.4. The summed E-state index contributed by atoms with van der Waals surface area (Å²) in [4.78, 5) is 25.5. The molecule has 2 N–H and O–H groups in total. The molecule has 2 aromatic heterocycles. The Hall–Kier alpha value is -2.71. The molecule has 8 heteroatoms. The molecule has 0 spiro atoms. The summed E-state index contributed by atoms with van der Waals surface area (Å²) in [5.41, 5.74) is 1.80. The highest BCUT2D eigenvalue weighted by molar-refractivity contribution is 7.20. The summed E-state index contributed by atoms with van der Waals surface area (Å²) < 4.78 is 6.70. The SMILES string of the molecule is COCCNC(=O)CNC(=O)c1cc2c(C)nn(-c3ccccc3)c2s1. The van der Waals surface area contributed by atoms with Crippen LogP contribution in [0.1, 0.15) is 15.4 Å². The van der Waals surface area contributed by atoms with Crippen LogP contribution in [-0.4, -0.2) is 48.4 Å². The minimum absolute atomic E-state index is 0.0689. The van der Waals surface area contributed by atoms with Crippen LogP contribution in [0.5, 0.6) is 0 Å². The number of ether oxygens (including phenoxy) is 1. The molecule has 2 amide bonds. The number of para-hydroxylation sites is 1. The van der Waals surface area contributed by atoms with Gasteiger partial charge in [-0.25, -0.2) is 4.68 Å². The van der Waals surface area contributed by atoms with Crippen molar-refractivity contribution in [3.63, 3.8) is 0 Å². The van der Waals surface area contributed by atoms with Gasteiger partial charge in [0.15, 0.2) is 0 Å². The van der Waals surface area contributed by atoms with Gasteiger partial charge >= 0.3 is 0 Å². The number of amides is 2. The lowest BCUT2D eigenvalue weighted by Crippen LogP contribution is -2.37. The molecule has 0 saturated heterocycles. The van der Waals surface area contributed by atoms with Crippen molar-refractivity contribution in [1.29, 1.82) is 0 Å². The Bertz CT molecular complexity index is 917. The van der Waals surface area contributed by atoms with Gasteiger partial charge in [0.05, 0.1) is 29.4 Å². The molecule has 0 aliphatic carbocycles. The molecule has 0 unspecified atom stereocenters. The lowest BCUT2D eigenvalue weighted by Gasteiger charge is -2.05. The van der Waals surface area contributed by atoms with E-state index in [0.717, 1.165) is 21.6 Å². The number of nitrogens with zero attached hydrogens (tertiary/aromatic N) is 2. The van der Waals surface area contributed by atoms with E-state index >= 15 is 0 Å². The highest BCUT2D eigenvalue weighted by Gasteiger charge is 2.17. The Morgan fingerprint density at radius 2 is 2.00 bits per heavy atom. The summed E-state index contributed by atoms with van der Waals surface area (Å²) in [6.07, 6.45) is 0. The van der Waals surface area contributed by atoms with Crippen molar-refractivity contribution in [3.05, 3.63) is 47.0 Å². The van der Waals surface area contributed by atoms with E-state index in [1.807, 2.05) is 48.0 Å². The number of thiophene rings is 1. The Morgan fingerprint density at radius 1 is 1.23 bits per heavy atom. The van der Waals surface area contributed by atoms with E-state index in [1.54, 1.807) is 7.11 Å². The molecule has 0 radical (unpaired) electrons. The van der Waals surface area contributed by atoms with Gasteiger partial charge in [-0.3, -0.25) is 9.59 Å². The molecule has 0 aliphatic heterocycles. The number of hydrogen-bond donors (Lipinski definition) is 2. The molecule has 0 saturated carbocycles. The molecular formula is C18H20N4O3S. The van der Waals surface area contributed by atoms with E-state index < -0.39 is 0 Å². The molecule has 2 heterocycles. The summed E-state index contributed by atoms with van der Waals surface area (Å²) in [6.45, 7) is 2.70. The molecule has 0 bridgehead atoms. The lowest BCUT2D eigenvalue weighted by molar-refractivity contribution is -0.120. The van der Waals surface area contributed by atoms with Crippen LogP contribution in [0.4, 0.5) is 0 Å². The molecule has 0 fully saturated rings. The first kappa shape index (κ1) is 18.1. The zero-order valence-corrected chi connectivity index (χ0v) is 15.4. The third-order valence-electron chi connectivity index (χ3n) is 3.81. The fourth-order valence-corrected chi connectivity index (χ4v) is 3.61. The maximum absolute atomic E-state index is 12.4. The number of hydrogen-bond acceptors (Lipinski definition) is 5. The van der Waals surface area contributed by atoms with Gasteiger partial charge in [0, 0.05) is 19.0 Å². The van der Waals surface area contributed by atoms with Gasteiger partial charge < -0.3 is 15.4 Å². The van der Waals surface area contributed by atoms with Crippen molar-refractivity contribution in [2.45, 2.75) is 6.92 Å². The smallest absolute Gasteiger partial charge is 0.261 e. The van der Waals surface area contributed by atoms with Gasteiger partial charge in [-0.05, 0) is 25.1 Å². The summed E-state index contributed by atoms with van der Waals surface area (Å²) in [6, 6.07) is 11.6. The third kappa shape index (κ3) is 3.92. The molecule has 7 nitrogen and oxygen atoms in total. The van der Waals surface area contributed by atoms with Crippen molar-refractivity contribution in [2.75, 3.05) is 26.8 Å². The highest BCUT2D eigenvalue weighted by atomic mass is 32.1. The van der Waals surface area contributed by atoms with Crippen molar-refractivity contribution in [2.24, 2.45) is 0 Å². The highest BCUT2D eigenvalue weighted by Crippen LogP contribution is 2.30. The normalized spacial score (nSPS) is 10.8. The maximum Gasteiger partial charge on any atom is 0.261 e. The van der Waals surface area contributed by atoms with Crippen LogP contribution in [0.3, 0.4) is 0 Å². The van der Waals surface area contributed by atoms with Crippen LogP contribution in [0, 0.1) is 6.92 Å². The number of carbonyl (C=O) groups excluding carboxylic acids is 2. The Kier molecular flexibility index (Phi) is 5.65. The van der Waals surface area contributed by atoms with Crippen LogP contribution in [0.25, 0.3) is 15.9 Å². The quantitative estimate of drug-likeness (QED) is 0.620. The third-order valence-corrected chi connectivity index (χ3v) is 4.92. The fraction of sp³-hybridized carbons (Fsp3) is 0.278. The zero-order valence-electron chi connectivity index (χ0n) is 14.6. The molecule has 3 aromatic rings. The predicted octanol–water partition coefficient (Wildman–Crippen LogP) is 1.89. The number of benzene rings is 1. The molecule has 0 atom stereocenters. The number of rotatable bonds is 7. The number of aromatic nitrogens is 2. The summed E-state index contributed by atoms with van der Waals surface area (Å²) >= 11 is 1.36. The van der Waals surface area contributed by atoms with Crippen molar-refractivity contribution >= 4 is 33.4 Å². The summed E-state index contributed by atoms with van der Waals surface area (Å²) in [5.74, 6) is -0.518. The molecule has 26 heavy (non-hydrogen) atoms. The standard InChI is InChI=1S/C18H20N4O3S/c1-12-14-10-15(17(24)20-11-16(23)19-8-9-25-2)26-18(14)22(21-12)13-6-4-3-5-7-13/h3-7,10H,8-9,11H2,1-2H3,(H,19,23)(H,20,24). The largest absolute Gasteiger partial charge is 0.383 e. The average molecular weight is 372 g/mol. The van der Waals surface area contributed by atoms with Gasteiger partial charge in [0.25, 0.3) is 5.91 Å². The topological polar surface area (TPSA) is 85.2 Å². The van der Waals surface area contributed by atoms with Gasteiger partial charge in [-0.15, -0.1) is 11.3 Å². The van der Waals surface area contributed by atoms with E-state index in [-0.39, 0.29) is 18.4 Å². The van der Waals surface area contributed by atoms with Crippen molar-refractivity contribution in [3.8, 4) is 5.69 Å². The lowest BCUT2D eigenvalue weighted by atomic mass is 10.3. The van der Waals surface area contributed by atoms with E-state index in [4.69, 9.17) is 4.74 Å². The van der Waals surface area contributed by atoms with Crippen molar-refractivity contribution < 1.29 is 14.3 Å². The molecule has 136 valence electrons. The van der Waals surface area contributed by atoms with E-state index in [9.17, 15) is 9.59 Å². The van der Waals surface area contributed by atoms with E-state index in [1.165, 1.54) is 11.3 Å². The summed E-state index contributed by atoms with van der Waals surface area (Å²) in [5, 5.41) is 10.8. The van der Waals surface area contributed by atoms with Gasteiger partial charge in [-0.2, -0.15) is 5.10 Å². The van der Waals surface area contributed by atoms with Crippen LogP contribution in [0.15, 0.2) is 36.4 Å². The van der Waals surface area contributed by atoms with Crippen LogP contribution in [0.2, 0.25) is 0 Å². The second-order valence-electron chi connectivity index (χ2n) is 5.69. The predicted molar refractivity (Wildman–Crippen MR) is 101 cm³/mol. The Labute approximate surface area is 155 Å². The number of methoxy groups -OCH3 is 1. The minimum atomic E-state index is -0.271. The van der Waals surface area contributed by atoms with E-state index in [0.29, 0.717) is 18.0 Å². The first-order valence-electron chi connectivity index (χ1n) is 8.18. The van der Waals surface area contributed by atoms with E-state index in [2.05, 4.69) is 15.7 Å². The second-order valence-corrected chi connectivity index (χ2v) is 6.72. The van der Waals surface area contributed by atoms with Crippen LogP contribution < -0.4 is 10.6 Å². The number of nitrogens with one attached hydrogen (secondary N) is 2. The second kappa shape index (κ2) is 8.11. The average Bonchev–Trinajstić information content (AvgIpc) is 3.21. The molecule has 1 aromatic carbocycles. The number of carbonyl (C=O) groups is 2. The fourth-order valence-electron chi connectivity index (χ4n) is 2.51. The first-order valence-corrected chi connectivity index (χ1v) is 9.00. The minimum Gasteiger partial charge on any atom is -0.383 e. The number of aryl methyl sites for hydroxylation is 1. The van der Waals surface area contributed by atoms with Gasteiger partial charge in [-0.1, -0.05) is 18.2 Å². The van der Waals surface area contributed by atoms with Gasteiger partial charge in [0.2, 0.25) is 5.91 Å². The monoisotopic (exact) mass is 372 g/mol. The molecule has 3 rings (SSSR count). The summed E-state index contributed by atoms with van der Waals surface area (Å²) in [7, 11) is 1.56. The van der Waals surface area contributed by atoms with Crippen LogP contribution >= 0.6 is 11.3 Å². The molecule has 0 aliphatic rings. The van der Waals surface area contributed by atoms with Crippen LogP contribution in [-0.2, 0) is 9.53 Å². The molecular weight excluding hydrogens is 352 g/mol. The number of fused-ring (bicyclic) bond motifs is 1. The first-order chi connectivity index (χ1) is 12.6. The zero-order chi connectivity index (χ0) is 18.5. The van der Waals surface area contributed by atoms with Gasteiger partial charge in [0.1, 0.15) is 4.83 Å². The Balaban J connectivity index is 1.73. The Morgan fingerprint density at radius 3 is 2.73 bits per heavy atom. The van der Waals surface area contributed by atoms with Crippen molar-refractivity contribution in [1.82, 2.24) is 20.4 Å².